The molecule has 1 aliphatic heterocycles. The van der Waals surface area contributed by atoms with Crippen molar-refractivity contribution in [2.24, 2.45) is 5.73 Å². The summed E-state index contributed by atoms with van der Waals surface area (Å²) in [5, 5.41) is 0. The van der Waals surface area contributed by atoms with Gasteiger partial charge in [0.1, 0.15) is 5.75 Å². The van der Waals surface area contributed by atoms with Crippen molar-refractivity contribution in [2.45, 2.75) is 38.8 Å². The Morgan fingerprint density at radius 3 is 2.72 bits per heavy atom. The molecule has 1 saturated heterocycles. The topological polar surface area (TPSA) is 38.5 Å². The Morgan fingerprint density at radius 2 is 2.11 bits per heavy atom. The van der Waals surface area contributed by atoms with Crippen molar-refractivity contribution in [3.8, 4) is 5.75 Å². The van der Waals surface area contributed by atoms with Crippen LogP contribution in [0.15, 0.2) is 24.3 Å². The number of benzene rings is 1. The summed E-state index contributed by atoms with van der Waals surface area (Å²) >= 11 is 0. The van der Waals surface area contributed by atoms with Gasteiger partial charge in [0.15, 0.2) is 0 Å². The van der Waals surface area contributed by atoms with E-state index in [0.29, 0.717) is 6.54 Å². The quantitative estimate of drug-likeness (QED) is 0.786. The molecule has 1 unspecified atom stereocenters. The summed E-state index contributed by atoms with van der Waals surface area (Å²) in [5.74, 6) is 0.946. The molecular formula is C15H24N2O. The molecule has 1 aromatic carbocycles. The van der Waals surface area contributed by atoms with Crippen LogP contribution in [-0.4, -0.2) is 30.6 Å². The van der Waals surface area contributed by atoms with E-state index < -0.39 is 0 Å². The number of nitrogens with zero attached hydrogens (tertiary/aromatic N) is 1. The molecule has 3 nitrogen and oxygen atoms in total. The van der Waals surface area contributed by atoms with Crippen molar-refractivity contribution >= 4 is 0 Å². The van der Waals surface area contributed by atoms with E-state index in [1.807, 2.05) is 24.3 Å². The maximum atomic E-state index is 5.73. The monoisotopic (exact) mass is 248 g/mol. The number of likely N-dealkylation sites (tertiary alicyclic amines) is 1. The van der Waals surface area contributed by atoms with Gasteiger partial charge in [0.25, 0.3) is 0 Å². The van der Waals surface area contributed by atoms with Crippen LogP contribution < -0.4 is 10.5 Å². The normalized spacial score (nSPS) is 20.2. The highest BCUT2D eigenvalue weighted by Gasteiger charge is 2.18. The number of nitrogens with two attached hydrogens (primary N) is 1. The van der Waals surface area contributed by atoms with Gasteiger partial charge < -0.3 is 15.4 Å². The van der Waals surface area contributed by atoms with Gasteiger partial charge in [-0.2, -0.15) is 0 Å². The van der Waals surface area contributed by atoms with E-state index in [0.717, 1.165) is 36.9 Å². The fourth-order valence-corrected chi connectivity index (χ4v) is 2.50. The summed E-state index contributed by atoms with van der Waals surface area (Å²) in [6.45, 7) is 6.12. The fraction of sp³-hybridized carbons (Fsp3) is 0.600. The molecule has 1 aromatic rings. The lowest BCUT2D eigenvalue weighted by atomic mass is 10.2. The summed E-state index contributed by atoms with van der Waals surface area (Å²) in [6, 6.07) is 8.81. The minimum atomic E-state index is 0.590. The second-order valence-corrected chi connectivity index (χ2v) is 5.08. The molecular weight excluding hydrogens is 224 g/mol. The first-order valence-corrected chi connectivity index (χ1v) is 6.95. The highest BCUT2D eigenvalue weighted by molar-refractivity contribution is 5.26. The maximum Gasteiger partial charge on any atom is 0.119 e. The lowest BCUT2D eigenvalue weighted by Gasteiger charge is -2.20. The highest BCUT2D eigenvalue weighted by Crippen LogP contribution is 2.16. The largest absolute Gasteiger partial charge is 0.494 e. The van der Waals surface area contributed by atoms with Gasteiger partial charge in [-0.1, -0.05) is 12.1 Å². The van der Waals surface area contributed by atoms with Crippen LogP contribution >= 0.6 is 0 Å². The first kappa shape index (κ1) is 13.4. The molecule has 3 heteroatoms. The van der Waals surface area contributed by atoms with Crippen LogP contribution in [0.3, 0.4) is 0 Å². The van der Waals surface area contributed by atoms with Crippen LogP contribution in [0.2, 0.25) is 0 Å². The lowest BCUT2D eigenvalue weighted by molar-refractivity contribution is 0.230. The highest BCUT2D eigenvalue weighted by atomic mass is 16.5. The van der Waals surface area contributed by atoms with Gasteiger partial charge in [-0.05, 0) is 50.4 Å². The smallest absolute Gasteiger partial charge is 0.119 e. The molecule has 1 fully saturated rings. The third-order valence-corrected chi connectivity index (χ3v) is 3.71. The molecule has 0 aliphatic carbocycles. The molecule has 18 heavy (non-hydrogen) atoms. The molecule has 1 heterocycles. The molecule has 2 rings (SSSR count). The summed E-state index contributed by atoms with van der Waals surface area (Å²) in [4.78, 5) is 2.56. The summed E-state index contributed by atoms with van der Waals surface area (Å²) in [5.41, 5.74) is 6.70. The summed E-state index contributed by atoms with van der Waals surface area (Å²) in [7, 11) is 0. The average Bonchev–Trinajstić information content (AvgIpc) is 2.81. The predicted molar refractivity (Wildman–Crippen MR) is 74.7 cm³/mol. The van der Waals surface area contributed by atoms with Crippen molar-refractivity contribution in [1.82, 2.24) is 4.90 Å². The first-order chi connectivity index (χ1) is 8.79. The van der Waals surface area contributed by atoms with Gasteiger partial charge in [-0.15, -0.1) is 0 Å². The Hall–Kier alpha value is -1.06. The Morgan fingerprint density at radius 1 is 1.33 bits per heavy atom. The molecule has 0 spiro atoms. The van der Waals surface area contributed by atoms with Crippen LogP contribution in [-0.2, 0) is 6.54 Å². The molecule has 0 aromatic heterocycles. The van der Waals surface area contributed by atoms with Crippen molar-refractivity contribution in [3.63, 3.8) is 0 Å². The third kappa shape index (κ3) is 3.72. The molecule has 0 amide bonds. The maximum absolute atomic E-state index is 5.73. The molecule has 100 valence electrons. The van der Waals surface area contributed by atoms with Gasteiger partial charge in [0, 0.05) is 19.1 Å². The van der Waals surface area contributed by atoms with Gasteiger partial charge >= 0.3 is 0 Å². The average molecular weight is 248 g/mol. The number of ether oxygens (including phenoxy) is 1. The molecule has 0 bridgehead atoms. The van der Waals surface area contributed by atoms with Gasteiger partial charge in [0.05, 0.1) is 6.61 Å². The van der Waals surface area contributed by atoms with E-state index in [1.54, 1.807) is 0 Å². The Labute approximate surface area is 110 Å². The fourth-order valence-electron chi connectivity index (χ4n) is 2.50. The van der Waals surface area contributed by atoms with Crippen LogP contribution in [0.25, 0.3) is 0 Å². The zero-order valence-corrected chi connectivity index (χ0v) is 11.3. The molecule has 1 atom stereocenters. The van der Waals surface area contributed by atoms with Gasteiger partial charge in [-0.3, -0.25) is 0 Å². The van der Waals surface area contributed by atoms with Crippen LogP contribution in [0.5, 0.6) is 5.75 Å². The summed E-state index contributed by atoms with van der Waals surface area (Å²) < 4.78 is 5.73. The van der Waals surface area contributed by atoms with Crippen LogP contribution in [0.1, 0.15) is 31.7 Å². The molecule has 0 saturated carbocycles. The Balaban J connectivity index is 1.65. The minimum absolute atomic E-state index is 0.590. The predicted octanol–water partition coefficient (Wildman–Crippen LogP) is 2.40. The van der Waals surface area contributed by atoms with E-state index in [2.05, 4.69) is 11.8 Å². The van der Waals surface area contributed by atoms with E-state index in [4.69, 9.17) is 10.5 Å². The molecule has 0 radical (unpaired) electrons. The zero-order chi connectivity index (χ0) is 12.8. The van der Waals surface area contributed by atoms with Crippen LogP contribution in [0, 0.1) is 0 Å². The van der Waals surface area contributed by atoms with E-state index in [9.17, 15) is 0 Å². The SMILES string of the molecule is CC1CCCN1CCCOc1ccc(CN)cc1. The Bertz CT molecular complexity index is 350. The van der Waals surface area contributed by atoms with E-state index >= 15 is 0 Å². The van der Waals surface area contributed by atoms with Crippen LogP contribution in [0.4, 0.5) is 0 Å². The minimum Gasteiger partial charge on any atom is -0.494 e. The third-order valence-electron chi connectivity index (χ3n) is 3.71. The second kappa shape index (κ2) is 6.76. The van der Waals surface area contributed by atoms with Gasteiger partial charge in [-0.25, -0.2) is 0 Å². The Kier molecular flexibility index (Phi) is 5.02. The number of hydrogen-bond acceptors (Lipinski definition) is 3. The standard InChI is InChI=1S/C15H24N2O/c1-13-4-2-9-17(13)10-3-11-18-15-7-5-14(12-16)6-8-15/h5-8,13H,2-4,9-12,16H2,1H3. The van der Waals surface area contributed by atoms with Gasteiger partial charge in [0.2, 0.25) is 0 Å². The lowest BCUT2D eigenvalue weighted by Crippen LogP contribution is -2.28. The van der Waals surface area contributed by atoms with Crippen molar-refractivity contribution in [1.29, 1.82) is 0 Å². The number of rotatable bonds is 6. The number of hydrogen-bond donors (Lipinski definition) is 1. The first-order valence-electron chi connectivity index (χ1n) is 6.95. The van der Waals surface area contributed by atoms with Crippen molar-refractivity contribution in [3.05, 3.63) is 29.8 Å². The zero-order valence-electron chi connectivity index (χ0n) is 11.3. The second-order valence-electron chi connectivity index (χ2n) is 5.08. The molecule has 1 aliphatic rings. The van der Waals surface area contributed by atoms with Crippen molar-refractivity contribution < 1.29 is 4.74 Å². The van der Waals surface area contributed by atoms with E-state index in [1.165, 1.54) is 19.4 Å². The van der Waals surface area contributed by atoms with Crippen molar-refractivity contribution in [2.75, 3.05) is 19.7 Å². The molecule has 2 N–H and O–H groups in total. The summed E-state index contributed by atoms with van der Waals surface area (Å²) in [6.07, 6.45) is 3.80. The van der Waals surface area contributed by atoms with E-state index in [-0.39, 0.29) is 0 Å².